The molecule has 1 fully saturated rings. The highest BCUT2D eigenvalue weighted by Crippen LogP contribution is 2.26. The average Bonchev–Trinajstić information content (AvgIpc) is 2.83. The molecule has 0 aliphatic carbocycles. The maximum Gasteiger partial charge on any atom is 0.267 e. The molecule has 2 aromatic rings. The molecule has 0 bridgehead atoms. The van der Waals surface area contributed by atoms with E-state index < -0.39 is 6.23 Å². The molecule has 1 amide bonds. The largest absolute Gasteiger partial charge is 0.497 e. The number of nitriles is 1. The molecule has 1 aliphatic rings. The summed E-state index contributed by atoms with van der Waals surface area (Å²) in [6.45, 7) is 2.65. The van der Waals surface area contributed by atoms with Gasteiger partial charge < -0.3 is 24.2 Å². The molecule has 1 saturated heterocycles. The van der Waals surface area contributed by atoms with Crippen molar-refractivity contribution < 1.29 is 24.1 Å². The number of aliphatic hydroxyl groups is 1. The fourth-order valence-corrected chi connectivity index (χ4v) is 3.61. The van der Waals surface area contributed by atoms with Crippen LogP contribution >= 0.6 is 0 Å². The predicted octanol–water partition coefficient (Wildman–Crippen LogP) is 2.40. The second-order valence-electron chi connectivity index (χ2n) is 7.54. The van der Waals surface area contributed by atoms with Crippen LogP contribution < -0.4 is 14.2 Å². The molecular weight excluding hydrogens is 410 g/mol. The number of ether oxygens (including phenoxy) is 3. The van der Waals surface area contributed by atoms with Gasteiger partial charge in [-0.15, -0.1) is 0 Å². The van der Waals surface area contributed by atoms with Gasteiger partial charge >= 0.3 is 0 Å². The molecule has 170 valence electrons. The Morgan fingerprint density at radius 3 is 2.50 bits per heavy atom. The van der Waals surface area contributed by atoms with E-state index in [4.69, 9.17) is 19.5 Å². The van der Waals surface area contributed by atoms with Crippen molar-refractivity contribution in [3.05, 3.63) is 53.6 Å². The van der Waals surface area contributed by atoms with Crippen molar-refractivity contribution in [3.63, 3.8) is 0 Å². The summed E-state index contributed by atoms with van der Waals surface area (Å²) in [5.41, 5.74) is 1.46. The molecular formula is C24H29N3O5. The number of methoxy groups -OCH3 is 2. The molecule has 0 aromatic heterocycles. The molecule has 8 heteroatoms. The first-order valence-electron chi connectivity index (χ1n) is 10.6. The summed E-state index contributed by atoms with van der Waals surface area (Å²) in [7, 11) is 3.17. The van der Waals surface area contributed by atoms with E-state index in [1.54, 1.807) is 54.4 Å². The SMILES string of the molecule is COc1ccc(CN2CCN(CCCCOc3ccc(C#N)cc3)C(O)C2=O)c(OC)c1. The minimum atomic E-state index is -1.15. The molecule has 1 N–H and O–H groups in total. The van der Waals surface area contributed by atoms with E-state index in [-0.39, 0.29) is 5.91 Å². The van der Waals surface area contributed by atoms with Gasteiger partial charge in [-0.2, -0.15) is 5.26 Å². The Hall–Kier alpha value is -3.28. The van der Waals surface area contributed by atoms with Gasteiger partial charge in [0.05, 0.1) is 32.5 Å². The maximum atomic E-state index is 12.7. The number of piperazine rings is 1. The lowest BCUT2D eigenvalue weighted by molar-refractivity contribution is -0.159. The molecule has 0 spiro atoms. The minimum absolute atomic E-state index is 0.303. The van der Waals surface area contributed by atoms with Crippen LogP contribution in [0.3, 0.4) is 0 Å². The van der Waals surface area contributed by atoms with Gasteiger partial charge in [0.2, 0.25) is 0 Å². The van der Waals surface area contributed by atoms with E-state index in [0.29, 0.717) is 49.8 Å². The topological polar surface area (TPSA) is 95.3 Å². The second kappa shape index (κ2) is 11.4. The Kier molecular flexibility index (Phi) is 8.31. The molecule has 8 nitrogen and oxygen atoms in total. The number of amides is 1. The molecule has 3 rings (SSSR count). The Morgan fingerprint density at radius 1 is 1.06 bits per heavy atom. The third-order valence-corrected chi connectivity index (χ3v) is 5.48. The van der Waals surface area contributed by atoms with Crippen molar-refractivity contribution in [1.29, 1.82) is 5.26 Å². The number of hydrogen-bond acceptors (Lipinski definition) is 7. The van der Waals surface area contributed by atoms with Crippen LogP contribution in [0, 0.1) is 11.3 Å². The molecule has 1 atom stereocenters. The lowest BCUT2D eigenvalue weighted by atomic mass is 10.1. The first kappa shape index (κ1) is 23.4. The zero-order chi connectivity index (χ0) is 22.9. The summed E-state index contributed by atoms with van der Waals surface area (Å²) in [6.07, 6.45) is 0.448. The van der Waals surface area contributed by atoms with Gasteiger partial charge in [-0.3, -0.25) is 9.69 Å². The van der Waals surface area contributed by atoms with Gasteiger partial charge in [-0.05, 0) is 49.2 Å². The summed E-state index contributed by atoms with van der Waals surface area (Å²) in [5, 5.41) is 19.3. The molecule has 1 unspecified atom stereocenters. The van der Waals surface area contributed by atoms with E-state index >= 15 is 0 Å². The highest BCUT2D eigenvalue weighted by atomic mass is 16.5. The number of aliphatic hydroxyl groups excluding tert-OH is 1. The number of benzene rings is 2. The zero-order valence-corrected chi connectivity index (χ0v) is 18.5. The number of hydrogen-bond donors (Lipinski definition) is 1. The summed E-state index contributed by atoms with van der Waals surface area (Å²) < 4.78 is 16.3. The first-order chi connectivity index (χ1) is 15.5. The molecule has 1 heterocycles. The summed E-state index contributed by atoms with van der Waals surface area (Å²) in [6, 6.07) is 14.6. The van der Waals surface area contributed by atoms with Crippen molar-refractivity contribution >= 4 is 5.91 Å². The number of nitrogens with zero attached hydrogens (tertiary/aromatic N) is 3. The van der Waals surface area contributed by atoms with Gasteiger partial charge in [-0.25, -0.2) is 0 Å². The van der Waals surface area contributed by atoms with Crippen LogP contribution in [0.15, 0.2) is 42.5 Å². The standard InChI is InChI=1S/C24H29N3O5/c1-30-21-10-7-19(22(15-21)31-2)17-27-13-12-26(23(28)24(27)29)11-3-4-14-32-20-8-5-18(16-25)6-9-20/h5-10,15,23,28H,3-4,11-14,17H2,1-2H3. The molecule has 1 aliphatic heterocycles. The quantitative estimate of drug-likeness (QED) is 0.568. The minimum Gasteiger partial charge on any atom is -0.497 e. The Morgan fingerprint density at radius 2 is 1.81 bits per heavy atom. The van der Waals surface area contributed by atoms with Crippen molar-refractivity contribution in [1.82, 2.24) is 9.80 Å². The van der Waals surface area contributed by atoms with Crippen LogP contribution in [0.25, 0.3) is 0 Å². The maximum absolute atomic E-state index is 12.7. The highest BCUT2D eigenvalue weighted by Gasteiger charge is 2.33. The molecule has 0 saturated carbocycles. The van der Waals surface area contributed by atoms with E-state index in [1.165, 1.54) is 0 Å². The highest BCUT2D eigenvalue weighted by molar-refractivity contribution is 5.81. The third-order valence-electron chi connectivity index (χ3n) is 5.48. The molecule has 0 radical (unpaired) electrons. The van der Waals surface area contributed by atoms with Gasteiger partial charge in [-0.1, -0.05) is 0 Å². The van der Waals surface area contributed by atoms with Gasteiger partial charge in [0.15, 0.2) is 6.23 Å². The van der Waals surface area contributed by atoms with Crippen LogP contribution in [0.5, 0.6) is 17.2 Å². The fourth-order valence-electron chi connectivity index (χ4n) is 3.61. The van der Waals surface area contributed by atoms with Crippen LogP contribution in [0.4, 0.5) is 0 Å². The van der Waals surface area contributed by atoms with Crippen molar-refractivity contribution in [2.75, 3.05) is 40.5 Å². The number of carbonyl (C=O) groups is 1. The second-order valence-corrected chi connectivity index (χ2v) is 7.54. The van der Waals surface area contributed by atoms with Gasteiger partial charge in [0.1, 0.15) is 17.2 Å². The third kappa shape index (κ3) is 5.90. The first-order valence-corrected chi connectivity index (χ1v) is 10.6. The average molecular weight is 440 g/mol. The Balaban J connectivity index is 1.43. The van der Waals surface area contributed by atoms with E-state index in [2.05, 4.69) is 6.07 Å². The van der Waals surface area contributed by atoms with E-state index in [1.807, 2.05) is 12.1 Å². The van der Waals surface area contributed by atoms with E-state index in [9.17, 15) is 9.90 Å². The zero-order valence-electron chi connectivity index (χ0n) is 18.5. The van der Waals surface area contributed by atoms with Crippen LogP contribution in [-0.4, -0.2) is 67.5 Å². The smallest absolute Gasteiger partial charge is 0.267 e. The van der Waals surface area contributed by atoms with Crippen LogP contribution in [0.1, 0.15) is 24.0 Å². The van der Waals surface area contributed by atoms with Crippen molar-refractivity contribution in [2.45, 2.75) is 25.6 Å². The lowest BCUT2D eigenvalue weighted by Crippen LogP contribution is -2.56. The number of unbranched alkanes of at least 4 members (excludes halogenated alkanes) is 1. The summed E-state index contributed by atoms with van der Waals surface area (Å²) >= 11 is 0. The molecule has 32 heavy (non-hydrogen) atoms. The van der Waals surface area contributed by atoms with Crippen LogP contribution in [-0.2, 0) is 11.3 Å². The summed E-state index contributed by atoms with van der Waals surface area (Å²) in [5.74, 6) is 1.76. The Bertz CT molecular complexity index is 942. The van der Waals surface area contributed by atoms with Crippen molar-refractivity contribution in [2.24, 2.45) is 0 Å². The number of carbonyl (C=O) groups excluding carboxylic acids is 1. The van der Waals surface area contributed by atoms with E-state index in [0.717, 1.165) is 24.2 Å². The monoisotopic (exact) mass is 439 g/mol. The van der Waals surface area contributed by atoms with Gasteiger partial charge in [0, 0.05) is 37.8 Å². The van der Waals surface area contributed by atoms with Crippen molar-refractivity contribution in [3.8, 4) is 23.3 Å². The van der Waals surface area contributed by atoms with Crippen LogP contribution in [0.2, 0.25) is 0 Å². The number of rotatable bonds is 10. The lowest BCUT2D eigenvalue weighted by Gasteiger charge is -2.38. The predicted molar refractivity (Wildman–Crippen MR) is 118 cm³/mol. The summed E-state index contributed by atoms with van der Waals surface area (Å²) in [4.78, 5) is 16.2. The normalized spacial score (nSPS) is 16.5. The van der Waals surface area contributed by atoms with Gasteiger partial charge in [0.25, 0.3) is 5.91 Å². The fraction of sp³-hybridized carbons (Fsp3) is 0.417. The molecule has 2 aromatic carbocycles. The Labute approximate surface area is 188 Å².